The Bertz CT molecular complexity index is 281. The predicted molar refractivity (Wildman–Crippen MR) is 53.1 cm³/mol. The van der Waals surface area contributed by atoms with E-state index >= 15 is 0 Å². The number of nitrogens with two attached hydrogens (primary N) is 1. The highest BCUT2D eigenvalue weighted by Crippen LogP contribution is 2.12. The molecule has 1 atom stereocenters. The molecule has 0 aliphatic carbocycles. The van der Waals surface area contributed by atoms with Gasteiger partial charge in [-0.2, -0.15) is 0 Å². The van der Waals surface area contributed by atoms with Crippen molar-refractivity contribution in [2.24, 2.45) is 5.73 Å². The van der Waals surface area contributed by atoms with Crippen molar-refractivity contribution in [1.29, 1.82) is 0 Å². The number of hydrogen-bond donors (Lipinski definition) is 1. The van der Waals surface area contributed by atoms with Crippen molar-refractivity contribution < 1.29 is 4.39 Å². The third-order valence-corrected chi connectivity index (χ3v) is 2.18. The van der Waals surface area contributed by atoms with Gasteiger partial charge in [0.25, 0.3) is 0 Å². The van der Waals surface area contributed by atoms with Gasteiger partial charge in [-0.1, -0.05) is 6.07 Å². The molecule has 0 aliphatic rings. The first-order chi connectivity index (χ1) is 6.09. The van der Waals surface area contributed by atoms with E-state index in [1.165, 1.54) is 6.07 Å². The molecular formula is C11H16FN. The van der Waals surface area contributed by atoms with Gasteiger partial charge in [-0.05, 0) is 49.9 Å². The molecule has 0 heterocycles. The highest BCUT2D eigenvalue weighted by atomic mass is 19.1. The summed E-state index contributed by atoms with van der Waals surface area (Å²) in [7, 11) is 0. The Morgan fingerprint density at radius 1 is 1.46 bits per heavy atom. The van der Waals surface area contributed by atoms with E-state index in [1.54, 1.807) is 6.07 Å². The lowest BCUT2D eigenvalue weighted by atomic mass is 10.0. The van der Waals surface area contributed by atoms with Crippen LogP contribution in [0.2, 0.25) is 0 Å². The van der Waals surface area contributed by atoms with E-state index < -0.39 is 0 Å². The maximum Gasteiger partial charge on any atom is 0.123 e. The summed E-state index contributed by atoms with van der Waals surface area (Å²) < 4.78 is 12.8. The van der Waals surface area contributed by atoms with Gasteiger partial charge in [0.05, 0.1) is 0 Å². The minimum Gasteiger partial charge on any atom is -0.328 e. The first-order valence-electron chi connectivity index (χ1n) is 4.60. The fraction of sp³-hybridized carbons (Fsp3) is 0.455. The molecule has 72 valence electrons. The van der Waals surface area contributed by atoms with E-state index in [0.29, 0.717) is 0 Å². The monoisotopic (exact) mass is 181 g/mol. The average molecular weight is 181 g/mol. The first-order valence-corrected chi connectivity index (χ1v) is 4.60. The molecule has 1 rings (SSSR count). The minimum atomic E-state index is -0.162. The van der Waals surface area contributed by atoms with Gasteiger partial charge in [0.2, 0.25) is 0 Å². The van der Waals surface area contributed by atoms with E-state index in [-0.39, 0.29) is 11.9 Å². The van der Waals surface area contributed by atoms with Crippen molar-refractivity contribution in [2.45, 2.75) is 32.7 Å². The summed E-state index contributed by atoms with van der Waals surface area (Å²) in [6, 6.07) is 5.08. The van der Waals surface area contributed by atoms with E-state index in [2.05, 4.69) is 0 Å². The van der Waals surface area contributed by atoms with Crippen molar-refractivity contribution in [2.75, 3.05) is 0 Å². The van der Waals surface area contributed by atoms with Crippen LogP contribution in [0.4, 0.5) is 4.39 Å². The van der Waals surface area contributed by atoms with Gasteiger partial charge >= 0.3 is 0 Å². The topological polar surface area (TPSA) is 26.0 Å². The molecule has 1 nitrogen and oxygen atoms in total. The molecule has 1 aromatic rings. The fourth-order valence-corrected chi connectivity index (χ4v) is 1.29. The maximum absolute atomic E-state index is 12.8. The summed E-state index contributed by atoms with van der Waals surface area (Å²) in [6.45, 7) is 3.96. The van der Waals surface area contributed by atoms with Crippen LogP contribution in [-0.2, 0) is 6.42 Å². The molecule has 0 radical (unpaired) electrons. The molecule has 0 unspecified atom stereocenters. The van der Waals surface area contributed by atoms with Crippen molar-refractivity contribution in [3.05, 3.63) is 35.1 Å². The molecule has 0 spiro atoms. The Kier molecular flexibility index (Phi) is 3.43. The molecule has 0 fully saturated rings. The summed E-state index contributed by atoms with van der Waals surface area (Å²) in [4.78, 5) is 0. The number of rotatable bonds is 3. The van der Waals surface area contributed by atoms with Crippen LogP contribution < -0.4 is 5.73 Å². The lowest BCUT2D eigenvalue weighted by molar-refractivity contribution is 0.618. The molecule has 0 aliphatic heterocycles. The number of aryl methyl sites for hydroxylation is 2. The SMILES string of the molecule is Cc1ccc(F)cc1CC[C@H](C)N. The van der Waals surface area contributed by atoms with Crippen LogP contribution in [0.25, 0.3) is 0 Å². The molecular weight excluding hydrogens is 165 g/mol. The van der Waals surface area contributed by atoms with Crippen LogP contribution >= 0.6 is 0 Å². The Morgan fingerprint density at radius 2 is 2.15 bits per heavy atom. The second-order valence-electron chi connectivity index (χ2n) is 3.59. The third kappa shape index (κ3) is 3.15. The molecule has 0 aromatic heterocycles. The normalized spacial score (nSPS) is 12.9. The van der Waals surface area contributed by atoms with Crippen LogP contribution in [0.1, 0.15) is 24.5 Å². The molecule has 2 N–H and O–H groups in total. The van der Waals surface area contributed by atoms with Crippen molar-refractivity contribution in [3.8, 4) is 0 Å². The van der Waals surface area contributed by atoms with Crippen LogP contribution in [0.3, 0.4) is 0 Å². The van der Waals surface area contributed by atoms with Gasteiger partial charge in [0, 0.05) is 6.04 Å². The Labute approximate surface area is 78.8 Å². The molecule has 0 amide bonds. The van der Waals surface area contributed by atoms with Crippen molar-refractivity contribution in [1.82, 2.24) is 0 Å². The summed E-state index contributed by atoms with van der Waals surface area (Å²) in [5.41, 5.74) is 7.84. The quantitative estimate of drug-likeness (QED) is 0.761. The summed E-state index contributed by atoms with van der Waals surface area (Å²) in [5, 5.41) is 0. The van der Waals surface area contributed by atoms with Crippen LogP contribution in [0.15, 0.2) is 18.2 Å². The zero-order chi connectivity index (χ0) is 9.84. The molecule has 1 aromatic carbocycles. The molecule has 0 saturated carbocycles. The summed E-state index contributed by atoms with van der Waals surface area (Å²) in [5.74, 6) is -0.162. The molecule has 0 bridgehead atoms. The van der Waals surface area contributed by atoms with E-state index in [0.717, 1.165) is 24.0 Å². The first kappa shape index (κ1) is 10.2. The van der Waals surface area contributed by atoms with Crippen LogP contribution in [0, 0.1) is 12.7 Å². The highest BCUT2D eigenvalue weighted by molar-refractivity contribution is 5.26. The average Bonchev–Trinajstić information content (AvgIpc) is 2.06. The van der Waals surface area contributed by atoms with E-state index in [4.69, 9.17) is 5.73 Å². The van der Waals surface area contributed by atoms with Gasteiger partial charge in [-0.25, -0.2) is 4.39 Å². The number of halogens is 1. The van der Waals surface area contributed by atoms with Gasteiger partial charge in [0.1, 0.15) is 5.82 Å². The lowest BCUT2D eigenvalue weighted by Crippen LogP contribution is -2.15. The molecule has 0 saturated heterocycles. The minimum absolute atomic E-state index is 0.162. The van der Waals surface area contributed by atoms with Crippen molar-refractivity contribution in [3.63, 3.8) is 0 Å². The zero-order valence-corrected chi connectivity index (χ0v) is 8.18. The third-order valence-electron chi connectivity index (χ3n) is 2.18. The molecule has 2 heteroatoms. The Hall–Kier alpha value is -0.890. The standard InChI is InChI=1S/C11H16FN/c1-8-3-6-11(12)7-10(8)5-4-9(2)13/h3,6-7,9H,4-5,13H2,1-2H3/t9-/m0/s1. The van der Waals surface area contributed by atoms with Crippen LogP contribution in [0.5, 0.6) is 0 Å². The van der Waals surface area contributed by atoms with Gasteiger partial charge in [-0.15, -0.1) is 0 Å². The summed E-state index contributed by atoms with van der Waals surface area (Å²) >= 11 is 0. The van der Waals surface area contributed by atoms with E-state index in [9.17, 15) is 4.39 Å². The fourth-order valence-electron chi connectivity index (χ4n) is 1.29. The number of hydrogen-bond acceptors (Lipinski definition) is 1. The second-order valence-corrected chi connectivity index (χ2v) is 3.59. The Balaban J connectivity index is 2.70. The predicted octanol–water partition coefficient (Wildman–Crippen LogP) is 2.41. The van der Waals surface area contributed by atoms with Gasteiger partial charge in [-0.3, -0.25) is 0 Å². The smallest absolute Gasteiger partial charge is 0.123 e. The van der Waals surface area contributed by atoms with Crippen molar-refractivity contribution >= 4 is 0 Å². The second kappa shape index (κ2) is 4.38. The summed E-state index contributed by atoms with van der Waals surface area (Å²) in [6.07, 6.45) is 1.77. The van der Waals surface area contributed by atoms with Crippen LogP contribution in [-0.4, -0.2) is 6.04 Å². The van der Waals surface area contributed by atoms with E-state index in [1.807, 2.05) is 19.9 Å². The van der Waals surface area contributed by atoms with Gasteiger partial charge < -0.3 is 5.73 Å². The largest absolute Gasteiger partial charge is 0.328 e. The highest BCUT2D eigenvalue weighted by Gasteiger charge is 2.01. The zero-order valence-electron chi connectivity index (χ0n) is 8.18. The maximum atomic E-state index is 12.8. The number of benzene rings is 1. The lowest BCUT2D eigenvalue weighted by Gasteiger charge is -2.07. The van der Waals surface area contributed by atoms with Gasteiger partial charge in [0.15, 0.2) is 0 Å². The molecule has 13 heavy (non-hydrogen) atoms. The Morgan fingerprint density at radius 3 is 2.77 bits per heavy atom.